The van der Waals surface area contributed by atoms with Crippen LogP contribution >= 0.6 is 0 Å². The molecular weight excluding hydrogens is 805 g/mol. The van der Waals surface area contributed by atoms with E-state index in [0.29, 0.717) is 36.0 Å². The molecule has 0 spiro atoms. The third-order valence-corrected chi connectivity index (χ3v) is 14.2. The molecule has 3 fully saturated rings. The molecule has 0 saturated carbocycles. The van der Waals surface area contributed by atoms with Gasteiger partial charge in [-0.2, -0.15) is 10.5 Å². The summed E-state index contributed by atoms with van der Waals surface area (Å²) in [6.45, 7) is 31.6. The SMILES string of the molecule is [C-]#[N+]/C(C(=O)OCC(COC(=O)/C(C#N)=C1\CC(C)(C)CC(N2CCCC2)=C1C)COC(=O)/C(C#N)=C1\CC(C)(C)CC(N2CCCC2)=C1C)=C1/CC(C)(C)CC(N2CCCC2)=C1C. The molecule has 0 atom stereocenters. The Morgan fingerprint density at radius 3 is 1.16 bits per heavy atom. The minimum absolute atomic E-state index is 0.0711. The van der Waals surface area contributed by atoms with Crippen LogP contribution in [0.1, 0.15) is 139 Å². The van der Waals surface area contributed by atoms with E-state index >= 15 is 0 Å². The van der Waals surface area contributed by atoms with Crippen molar-refractivity contribution in [1.29, 1.82) is 10.5 Å². The molecule has 12 heteroatoms. The van der Waals surface area contributed by atoms with E-state index in [0.717, 1.165) is 131 Å². The van der Waals surface area contributed by atoms with Crippen molar-refractivity contribution in [1.82, 2.24) is 14.7 Å². The van der Waals surface area contributed by atoms with Gasteiger partial charge in [-0.3, -0.25) is 4.79 Å². The Balaban J connectivity index is 1.28. The Labute approximate surface area is 382 Å². The van der Waals surface area contributed by atoms with E-state index < -0.39 is 23.8 Å². The molecule has 344 valence electrons. The summed E-state index contributed by atoms with van der Waals surface area (Å²) >= 11 is 0. The van der Waals surface area contributed by atoms with Gasteiger partial charge in [0.25, 0.3) is 5.70 Å². The van der Waals surface area contributed by atoms with Crippen molar-refractivity contribution in [3.63, 3.8) is 0 Å². The van der Waals surface area contributed by atoms with Crippen LogP contribution in [-0.4, -0.2) is 91.7 Å². The molecule has 0 aromatic heterocycles. The van der Waals surface area contributed by atoms with Gasteiger partial charge in [0.05, 0.1) is 19.1 Å². The molecule has 3 aliphatic carbocycles. The van der Waals surface area contributed by atoms with Gasteiger partial charge in [-0.05, 0) is 148 Å². The fourth-order valence-electron chi connectivity index (χ4n) is 10.8. The van der Waals surface area contributed by atoms with Crippen LogP contribution in [0.5, 0.6) is 0 Å². The van der Waals surface area contributed by atoms with Gasteiger partial charge in [0.1, 0.15) is 36.5 Å². The molecule has 0 N–H and O–H groups in total. The van der Waals surface area contributed by atoms with Gasteiger partial charge in [0.15, 0.2) is 0 Å². The molecular formula is C52H70N6O6. The Bertz CT molecular complexity index is 1960. The van der Waals surface area contributed by atoms with Crippen molar-refractivity contribution in [2.75, 3.05) is 59.1 Å². The van der Waals surface area contributed by atoms with Crippen LogP contribution in [0.3, 0.4) is 0 Å². The van der Waals surface area contributed by atoms with E-state index in [-0.39, 0.29) is 52.9 Å². The monoisotopic (exact) mass is 875 g/mol. The molecule has 6 aliphatic rings. The molecule has 12 nitrogen and oxygen atoms in total. The van der Waals surface area contributed by atoms with E-state index in [9.17, 15) is 24.9 Å². The third-order valence-electron chi connectivity index (χ3n) is 14.2. The average Bonchev–Trinajstić information content (AvgIpc) is 4.07. The first-order valence-electron chi connectivity index (χ1n) is 23.5. The molecule has 0 radical (unpaired) electrons. The standard InChI is InChI=1S/C52H70N6O6/c1-34-38(23-50(4,5)26-43(34)56-17-11-12-18-56)41(29-53)47(59)62-31-37(32-63-48(60)42(30-54)39-24-51(6,7)27-44(35(39)2)57-19-13-14-20-57)33-64-49(61)46(55-10)40-25-52(8,9)28-45(36(40)3)58-21-15-16-22-58/h37H,11-28,31-33H2,1-9H3/b41-38+,42-39+,46-40-. The molecule has 3 saturated heterocycles. The smallest absolute Gasteiger partial charge is 0.349 e. The Kier molecular flexibility index (Phi) is 14.9. The number of likely N-dealkylation sites (tertiary alicyclic amines) is 3. The fourth-order valence-corrected chi connectivity index (χ4v) is 10.8. The van der Waals surface area contributed by atoms with E-state index in [4.69, 9.17) is 20.8 Å². The van der Waals surface area contributed by atoms with Gasteiger partial charge in [0.2, 0.25) is 0 Å². The van der Waals surface area contributed by atoms with Crippen LogP contribution in [0, 0.1) is 51.4 Å². The molecule has 3 heterocycles. The maximum Gasteiger partial charge on any atom is 0.349 e. The van der Waals surface area contributed by atoms with Crippen molar-refractivity contribution in [3.8, 4) is 12.1 Å². The molecule has 0 unspecified atom stereocenters. The number of rotatable bonds is 12. The van der Waals surface area contributed by atoms with Gasteiger partial charge in [-0.25, -0.2) is 14.4 Å². The van der Waals surface area contributed by atoms with E-state index in [1.165, 1.54) is 0 Å². The molecule has 64 heavy (non-hydrogen) atoms. The lowest BCUT2D eigenvalue weighted by atomic mass is 9.72. The second kappa shape index (κ2) is 19.9. The molecule has 0 aromatic carbocycles. The average molecular weight is 875 g/mol. The highest BCUT2D eigenvalue weighted by molar-refractivity contribution is 5.95. The first-order chi connectivity index (χ1) is 30.3. The number of allylic oxidation sites excluding steroid dienone is 9. The summed E-state index contributed by atoms with van der Waals surface area (Å²) in [4.78, 5) is 52.7. The van der Waals surface area contributed by atoms with Crippen LogP contribution in [0.4, 0.5) is 0 Å². The Morgan fingerprint density at radius 1 is 0.547 bits per heavy atom. The summed E-state index contributed by atoms with van der Waals surface area (Å²) in [5, 5.41) is 20.9. The van der Waals surface area contributed by atoms with Gasteiger partial charge >= 0.3 is 17.9 Å². The fraction of sp³-hybridized carbons (Fsp3) is 0.654. The van der Waals surface area contributed by atoms with Crippen LogP contribution in [0.25, 0.3) is 4.85 Å². The maximum absolute atomic E-state index is 14.0. The summed E-state index contributed by atoms with van der Waals surface area (Å²) < 4.78 is 17.6. The number of hydrogen-bond acceptors (Lipinski definition) is 11. The number of carbonyl (C=O) groups is 3. The van der Waals surface area contributed by atoms with E-state index in [1.807, 2.05) is 20.8 Å². The molecule has 3 aliphatic heterocycles. The summed E-state index contributed by atoms with van der Waals surface area (Å²) in [6.07, 6.45) is 10.7. The molecule has 0 bridgehead atoms. The first-order valence-corrected chi connectivity index (χ1v) is 23.5. The molecule has 6 rings (SSSR count). The highest BCUT2D eigenvalue weighted by Crippen LogP contribution is 2.47. The molecule has 0 aromatic rings. The predicted octanol–water partition coefficient (Wildman–Crippen LogP) is 9.62. The van der Waals surface area contributed by atoms with Crippen molar-refractivity contribution < 1.29 is 28.6 Å². The lowest BCUT2D eigenvalue weighted by Crippen LogP contribution is -2.31. The van der Waals surface area contributed by atoms with Gasteiger partial charge in [-0.15, -0.1) is 0 Å². The highest BCUT2D eigenvalue weighted by atomic mass is 16.6. The number of hydrogen-bond donors (Lipinski definition) is 0. The summed E-state index contributed by atoms with van der Waals surface area (Å²) in [6, 6.07) is 4.29. The number of ether oxygens (including phenoxy) is 3. The number of esters is 3. The summed E-state index contributed by atoms with van der Waals surface area (Å²) in [5.74, 6) is -3.28. The molecule has 0 amide bonds. The summed E-state index contributed by atoms with van der Waals surface area (Å²) in [5.41, 5.74) is 7.49. The third kappa shape index (κ3) is 11.0. The highest BCUT2D eigenvalue weighted by Gasteiger charge is 2.38. The van der Waals surface area contributed by atoms with Crippen LogP contribution in [-0.2, 0) is 28.6 Å². The predicted molar refractivity (Wildman–Crippen MR) is 245 cm³/mol. The lowest BCUT2D eigenvalue weighted by Gasteiger charge is -2.38. The van der Waals surface area contributed by atoms with Crippen molar-refractivity contribution >= 4 is 17.9 Å². The quantitative estimate of drug-likeness (QED) is 0.0609. The van der Waals surface area contributed by atoms with Crippen LogP contribution < -0.4 is 0 Å². The normalized spacial score (nSPS) is 24.3. The number of carbonyl (C=O) groups excluding carboxylic acids is 3. The lowest BCUT2D eigenvalue weighted by molar-refractivity contribution is -0.148. The van der Waals surface area contributed by atoms with Gasteiger partial charge in [0, 0.05) is 56.4 Å². The van der Waals surface area contributed by atoms with Crippen molar-refractivity contribution in [3.05, 3.63) is 78.8 Å². The zero-order valence-corrected chi connectivity index (χ0v) is 40.1. The zero-order valence-electron chi connectivity index (χ0n) is 40.1. The Morgan fingerprint density at radius 2 is 0.844 bits per heavy atom. The van der Waals surface area contributed by atoms with Gasteiger partial charge < -0.3 is 28.9 Å². The maximum atomic E-state index is 14.0. The van der Waals surface area contributed by atoms with Crippen molar-refractivity contribution in [2.24, 2.45) is 22.2 Å². The van der Waals surface area contributed by atoms with Gasteiger partial charge in [-0.1, -0.05) is 41.5 Å². The first kappa shape index (κ1) is 48.2. The number of nitrogens with zero attached hydrogens (tertiary/aromatic N) is 6. The van der Waals surface area contributed by atoms with E-state index in [2.05, 4.69) is 73.2 Å². The zero-order chi connectivity index (χ0) is 46.6. The number of nitriles is 2. The second-order valence-corrected chi connectivity index (χ2v) is 21.4. The summed E-state index contributed by atoms with van der Waals surface area (Å²) in [7, 11) is 0. The largest absolute Gasteiger partial charge is 0.470 e. The minimum Gasteiger partial charge on any atom is -0.470 e. The second-order valence-electron chi connectivity index (χ2n) is 21.4. The van der Waals surface area contributed by atoms with E-state index in [1.54, 1.807) is 0 Å². The van der Waals surface area contributed by atoms with Crippen molar-refractivity contribution in [2.45, 2.75) is 139 Å². The minimum atomic E-state index is -0.873. The topological polar surface area (TPSA) is 141 Å². The van der Waals surface area contributed by atoms with Crippen LogP contribution in [0.2, 0.25) is 0 Å². The Hall–Kier alpha value is -5.28. The van der Waals surface area contributed by atoms with Crippen LogP contribution in [0.15, 0.2) is 67.4 Å².